The fraction of sp³-hybridized carbons (Fsp3) is 0.643. The lowest BCUT2D eigenvalue weighted by Crippen LogP contribution is -2.38. The number of sulfonamides is 1. The van der Waals surface area contributed by atoms with E-state index in [2.05, 4.69) is 15.0 Å². The Morgan fingerprint density at radius 1 is 1.43 bits per heavy atom. The van der Waals surface area contributed by atoms with Crippen LogP contribution >= 0.6 is 11.8 Å². The van der Waals surface area contributed by atoms with Crippen molar-refractivity contribution in [2.45, 2.75) is 48.8 Å². The second kappa shape index (κ2) is 7.47. The first-order chi connectivity index (χ1) is 10.1. The molecule has 118 valence electrons. The number of hydrogen-bond acceptors (Lipinski definition) is 5. The summed E-state index contributed by atoms with van der Waals surface area (Å²) in [4.78, 5) is 4.21. The average molecular weight is 329 g/mol. The average Bonchev–Trinajstić information content (AvgIpc) is 2.91. The summed E-state index contributed by atoms with van der Waals surface area (Å²) in [7, 11) is -3.54. The van der Waals surface area contributed by atoms with E-state index < -0.39 is 10.0 Å². The van der Waals surface area contributed by atoms with E-state index in [0.717, 1.165) is 32.2 Å². The van der Waals surface area contributed by atoms with Crippen molar-refractivity contribution in [1.82, 2.24) is 9.71 Å². The molecule has 2 unspecified atom stereocenters. The molecule has 5 nitrogen and oxygen atoms in total. The largest absolute Gasteiger partial charge is 0.384 e. The van der Waals surface area contributed by atoms with E-state index in [1.165, 1.54) is 6.20 Å². The lowest BCUT2D eigenvalue weighted by molar-refractivity contribution is 0.555. The monoisotopic (exact) mass is 329 g/mol. The summed E-state index contributed by atoms with van der Waals surface area (Å²) < 4.78 is 28.1. The van der Waals surface area contributed by atoms with Crippen LogP contribution in [0.4, 0.5) is 5.69 Å². The zero-order valence-corrected chi connectivity index (χ0v) is 14.1. The Bertz CT molecular complexity index is 563. The number of pyridine rings is 1. The van der Waals surface area contributed by atoms with E-state index in [4.69, 9.17) is 0 Å². The number of rotatable bonds is 7. The quantitative estimate of drug-likeness (QED) is 0.804. The number of nitrogens with one attached hydrogen (secondary N) is 2. The Morgan fingerprint density at radius 2 is 2.24 bits per heavy atom. The first-order valence-corrected chi connectivity index (χ1v) is 10.1. The molecule has 2 N–H and O–H groups in total. The lowest BCUT2D eigenvalue weighted by Gasteiger charge is -2.20. The fourth-order valence-electron chi connectivity index (χ4n) is 2.61. The molecule has 1 aromatic rings. The van der Waals surface area contributed by atoms with Gasteiger partial charge in [-0.05, 0) is 31.6 Å². The Kier molecular flexibility index (Phi) is 5.89. The second-order valence-electron chi connectivity index (χ2n) is 5.23. The van der Waals surface area contributed by atoms with Gasteiger partial charge in [0.15, 0.2) is 0 Å². The van der Waals surface area contributed by atoms with Crippen molar-refractivity contribution in [3.63, 3.8) is 0 Å². The van der Waals surface area contributed by atoms with Crippen molar-refractivity contribution >= 4 is 27.5 Å². The maximum atomic E-state index is 12.6. The van der Waals surface area contributed by atoms with Gasteiger partial charge in [0.2, 0.25) is 10.0 Å². The molecular formula is C14H23N3O2S2. The van der Waals surface area contributed by atoms with Crippen LogP contribution in [-0.2, 0) is 10.0 Å². The van der Waals surface area contributed by atoms with Crippen LogP contribution in [0.3, 0.4) is 0 Å². The van der Waals surface area contributed by atoms with Gasteiger partial charge in [-0.3, -0.25) is 4.98 Å². The number of nitrogens with zero attached hydrogens (tertiary/aromatic N) is 1. The van der Waals surface area contributed by atoms with Crippen LogP contribution in [0.15, 0.2) is 23.4 Å². The third-order valence-electron chi connectivity index (χ3n) is 3.70. The van der Waals surface area contributed by atoms with Crippen LogP contribution in [0.1, 0.15) is 32.6 Å². The van der Waals surface area contributed by atoms with E-state index in [1.807, 2.05) is 13.2 Å². The molecule has 0 bridgehead atoms. The molecule has 1 fully saturated rings. The second-order valence-corrected chi connectivity index (χ2v) is 7.99. The highest BCUT2D eigenvalue weighted by Crippen LogP contribution is 2.30. The van der Waals surface area contributed by atoms with E-state index in [0.29, 0.717) is 10.9 Å². The Balaban J connectivity index is 2.19. The molecule has 2 atom stereocenters. The van der Waals surface area contributed by atoms with Gasteiger partial charge in [0.05, 0.1) is 5.69 Å². The summed E-state index contributed by atoms with van der Waals surface area (Å²) in [5.74, 6) is 0. The fourth-order valence-corrected chi connectivity index (χ4v) is 5.06. The SMILES string of the molecule is CCCNc1ccncc1S(=O)(=O)NC1CCCC1SC. The molecule has 0 radical (unpaired) electrons. The van der Waals surface area contributed by atoms with Gasteiger partial charge >= 0.3 is 0 Å². The first-order valence-electron chi connectivity index (χ1n) is 7.31. The molecule has 21 heavy (non-hydrogen) atoms. The number of aromatic nitrogens is 1. The van der Waals surface area contributed by atoms with Crippen molar-refractivity contribution < 1.29 is 8.42 Å². The highest BCUT2D eigenvalue weighted by Gasteiger charge is 2.31. The molecule has 1 aromatic heterocycles. The van der Waals surface area contributed by atoms with Gasteiger partial charge in [-0.1, -0.05) is 13.3 Å². The minimum Gasteiger partial charge on any atom is -0.384 e. The van der Waals surface area contributed by atoms with Crippen molar-refractivity contribution in [1.29, 1.82) is 0 Å². The third kappa shape index (κ3) is 4.11. The van der Waals surface area contributed by atoms with Crippen LogP contribution in [0.5, 0.6) is 0 Å². The molecule has 1 aliphatic carbocycles. The molecule has 0 aliphatic heterocycles. The molecule has 2 rings (SSSR count). The van der Waals surface area contributed by atoms with Crippen molar-refractivity contribution in [2.24, 2.45) is 0 Å². The minimum absolute atomic E-state index is 0.0178. The van der Waals surface area contributed by atoms with E-state index in [-0.39, 0.29) is 10.9 Å². The first kappa shape index (κ1) is 16.6. The predicted octanol–water partition coefficient (Wildman–Crippen LogP) is 2.47. The Hall–Kier alpha value is -0.790. The van der Waals surface area contributed by atoms with Gasteiger partial charge in [-0.2, -0.15) is 11.8 Å². The lowest BCUT2D eigenvalue weighted by atomic mass is 10.3. The molecule has 0 saturated heterocycles. The number of thioether (sulfide) groups is 1. The summed E-state index contributed by atoms with van der Waals surface area (Å²) in [6, 6.07) is 1.73. The van der Waals surface area contributed by atoms with E-state index in [1.54, 1.807) is 24.0 Å². The summed E-state index contributed by atoms with van der Waals surface area (Å²) in [5, 5.41) is 3.52. The molecule has 0 spiro atoms. The highest BCUT2D eigenvalue weighted by molar-refractivity contribution is 7.99. The maximum absolute atomic E-state index is 12.6. The zero-order valence-electron chi connectivity index (χ0n) is 12.5. The molecular weight excluding hydrogens is 306 g/mol. The Morgan fingerprint density at radius 3 is 2.95 bits per heavy atom. The summed E-state index contributed by atoms with van der Waals surface area (Å²) in [6.07, 6.45) is 9.06. The van der Waals surface area contributed by atoms with Gasteiger partial charge in [0.1, 0.15) is 4.90 Å². The van der Waals surface area contributed by atoms with Crippen LogP contribution in [0.2, 0.25) is 0 Å². The number of hydrogen-bond donors (Lipinski definition) is 2. The molecule has 7 heteroatoms. The molecule has 1 saturated carbocycles. The van der Waals surface area contributed by atoms with Crippen LogP contribution < -0.4 is 10.0 Å². The topological polar surface area (TPSA) is 71.1 Å². The zero-order chi connectivity index (χ0) is 15.3. The predicted molar refractivity (Wildman–Crippen MR) is 88.3 cm³/mol. The Labute approximate surface area is 131 Å². The third-order valence-corrected chi connectivity index (χ3v) is 6.39. The highest BCUT2D eigenvalue weighted by atomic mass is 32.2. The van der Waals surface area contributed by atoms with Gasteiger partial charge < -0.3 is 5.32 Å². The summed E-state index contributed by atoms with van der Waals surface area (Å²) in [6.45, 7) is 2.78. The van der Waals surface area contributed by atoms with E-state index >= 15 is 0 Å². The van der Waals surface area contributed by atoms with Crippen molar-refractivity contribution in [3.8, 4) is 0 Å². The molecule has 0 amide bonds. The van der Waals surface area contributed by atoms with Crippen molar-refractivity contribution in [2.75, 3.05) is 18.1 Å². The van der Waals surface area contributed by atoms with E-state index in [9.17, 15) is 8.42 Å². The van der Waals surface area contributed by atoms with Crippen LogP contribution in [-0.4, -0.2) is 37.5 Å². The van der Waals surface area contributed by atoms with Gasteiger partial charge in [0.25, 0.3) is 0 Å². The van der Waals surface area contributed by atoms with Crippen LogP contribution in [0.25, 0.3) is 0 Å². The van der Waals surface area contributed by atoms with Gasteiger partial charge in [-0.25, -0.2) is 13.1 Å². The normalized spacial score (nSPS) is 22.4. The molecule has 0 aromatic carbocycles. The number of anilines is 1. The molecule has 1 aliphatic rings. The minimum atomic E-state index is -3.54. The summed E-state index contributed by atoms with van der Waals surface area (Å²) in [5.41, 5.74) is 0.623. The standard InChI is InChI=1S/C14H23N3O2S2/c1-3-8-16-12-7-9-15-10-14(12)21(18,19)17-11-5-4-6-13(11)20-2/h7,9-11,13,17H,3-6,8H2,1-2H3,(H,15,16). The smallest absolute Gasteiger partial charge is 0.244 e. The van der Waals surface area contributed by atoms with Crippen LogP contribution in [0, 0.1) is 0 Å². The molecule has 1 heterocycles. The van der Waals surface area contributed by atoms with Gasteiger partial charge in [-0.15, -0.1) is 0 Å². The maximum Gasteiger partial charge on any atom is 0.244 e. The van der Waals surface area contributed by atoms with Crippen molar-refractivity contribution in [3.05, 3.63) is 18.5 Å². The summed E-state index contributed by atoms with van der Waals surface area (Å²) >= 11 is 1.74. The van der Waals surface area contributed by atoms with Gasteiger partial charge in [0, 0.05) is 30.2 Å².